The van der Waals surface area contributed by atoms with Crippen molar-refractivity contribution >= 4 is 44.2 Å². The minimum atomic E-state index is -0.918. The standard InChI is InChI=1S/C27H32BrN3O5/c1-17(29-2)26(32)30-22(16-34-3)27(33)31(23-8-6-7-9-25(23)36-5)15-21-20-12-11-19(28)14-18(20)10-13-24(21)35-4/h6-14,17,22,29H,15-16H2,1-5H3,(H,30,32)/t17-,22?/m0/s1. The average Bonchev–Trinajstić information content (AvgIpc) is 2.90. The van der Waals surface area contributed by atoms with E-state index in [4.69, 9.17) is 14.2 Å². The number of fused-ring (bicyclic) bond motifs is 1. The van der Waals surface area contributed by atoms with Crippen LogP contribution in [0.2, 0.25) is 0 Å². The van der Waals surface area contributed by atoms with Gasteiger partial charge < -0.3 is 29.7 Å². The van der Waals surface area contributed by atoms with E-state index in [-0.39, 0.29) is 25.0 Å². The van der Waals surface area contributed by atoms with E-state index in [1.165, 1.54) is 7.11 Å². The van der Waals surface area contributed by atoms with Gasteiger partial charge in [0.25, 0.3) is 5.91 Å². The van der Waals surface area contributed by atoms with E-state index in [1.54, 1.807) is 39.2 Å². The first kappa shape index (κ1) is 27.4. The van der Waals surface area contributed by atoms with Crippen LogP contribution < -0.4 is 25.0 Å². The Morgan fingerprint density at radius 2 is 1.72 bits per heavy atom. The molecule has 9 heteroatoms. The van der Waals surface area contributed by atoms with Crippen LogP contribution in [0.25, 0.3) is 10.8 Å². The fourth-order valence-electron chi connectivity index (χ4n) is 3.95. The number of methoxy groups -OCH3 is 3. The first-order chi connectivity index (χ1) is 17.3. The van der Waals surface area contributed by atoms with Gasteiger partial charge in [0.15, 0.2) is 0 Å². The molecule has 0 aliphatic rings. The third-order valence-corrected chi connectivity index (χ3v) is 6.50. The van der Waals surface area contributed by atoms with Gasteiger partial charge in [0.1, 0.15) is 17.5 Å². The van der Waals surface area contributed by atoms with Crippen LogP contribution in [0.5, 0.6) is 11.5 Å². The van der Waals surface area contributed by atoms with Crippen molar-refractivity contribution < 1.29 is 23.8 Å². The molecule has 0 aliphatic carbocycles. The van der Waals surface area contributed by atoms with Crippen LogP contribution in [-0.4, -0.2) is 58.9 Å². The number of halogens is 1. The first-order valence-electron chi connectivity index (χ1n) is 11.5. The van der Waals surface area contributed by atoms with E-state index in [1.807, 2.05) is 48.5 Å². The Kier molecular flexibility index (Phi) is 9.69. The van der Waals surface area contributed by atoms with Crippen molar-refractivity contribution in [3.8, 4) is 11.5 Å². The van der Waals surface area contributed by atoms with Gasteiger partial charge in [0.05, 0.1) is 39.1 Å². The summed E-state index contributed by atoms with van der Waals surface area (Å²) in [7, 11) is 6.34. The van der Waals surface area contributed by atoms with Gasteiger partial charge in [-0.05, 0) is 55.1 Å². The second-order valence-corrected chi connectivity index (χ2v) is 9.15. The van der Waals surface area contributed by atoms with Crippen molar-refractivity contribution in [2.24, 2.45) is 0 Å². The van der Waals surface area contributed by atoms with Crippen molar-refractivity contribution in [1.82, 2.24) is 10.6 Å². The van der Waals surface area contributed by atoms with Gasteiger partial charge in [0, 0.05) is 17.1 Å². The normalized spacial score (nSPS) is 12.6. The number of benzene rings is 3. The maximum Gasteiger partial charge on any atom is 0.252 e. The van der Waals surface area contributed by atoms with Crippen molar-refractivity contribution in [3.63, 3.8) is 0 Å². The Morgan fingerprint density at radius 3 is 2.39 bits per heavy atom. The van der Waals surface area contributed by atoms with Crippen LogP contribution >= 0.6 is 15.9 Å². The Hall–Kier alpha value is -3.14. The summed E-state index contributed by atoms with van der Waals surface area (Å²) in [6, 6.07) is 15.7. The number of para-hydroxylation sites is 2. The molecule has 0 aromatic heterocycles. The molecule has 36 heavy (non-hydrogen) atoms. The van der Waals surface area contributed by atoms with Gasteiger partial charge in [-0.15, -0.1) is 0 Å². The zero-order valence-electron chi connectivity index (χ0n) is 21.1. The molecule has 0 fully saturated rings. The van der Waals surface area contributed by atoms with Crippen LogP contribution in [0.1, 0.15) is 12.5 Å². The van der Waals surface area contributed by atoms with Gasteiger partial charge >= 0.3 is 0 Å². The predicted molar refractivity (Wildman–Crippen MR) is 145 cm³/mol. The molecule has 1 unspecified atom stereocenters. The summed E-state index contributed by atoms with van der Waals surface area (Å²) in [5, 5.41) is 7.65. The van der Waals surface area contributed by atoms with Gasteiger partial charge in [-0.1, -0.05) is 40.2 Å². The quantitative estimate of drug-likeness (QED) is 0.372. The lowest BCUT2D eigenvalue weighted by Crippen LogP contribution is -2.54. The smallest absolute Gasteiger partial charge is 0.252 e. The van der Waals surface area contributed by atoms with Crippen molar-refractivity contribution in [1.29, 1.82) is 0 Å². The van der Waals surface area contributed by atoms with Gasteiger partial charge in [0.2, 0.25) is 5.91 Å². The lowest BCUT2D eigenvalue weighted by atomic mass is 10.0. The molecule has 3 rings (SSSR count). The fourth-order valence-corrected chi connectivity index (χ4v) is 4.33. The Bertz CT molecular complexity index is 1220. The molecule has 0 bridgehead atoms. The van der Waals surface area contributed by atoms with Crippen molar-refractivity contribution in [2.45, 2.75) is 25.6 Å². The average molecular weight is 558 g/mol. The Morgan fingerprint density at radius 1 is 1.00 bits per heavy atom. The molecule has 0 radical (unpaired) electrons. The molecule has 0 saturated heterocycles. The molecule has 8 nitrogen and oxygen atoms in total. The molecule has 2 N–H and O–H groups in total. The molecule has 0 aliphatic heterocycles. The van der Waals surface area contributed by atoms with E-state index in [0.717, 1.165) is 20.8 Å². The largest absolute Gasteiger partial charge is 0.496 e. The lowest BCUT2D eigenvalue weighted by Gasteiger charge is -2.30. The highest BCUT2D eigenvalue weighted by atomic mass is 79.9. The van der Waals surface area contributed by atoms with E-state index >= 15 is 0 Å². The van der Waals surface area contributed by atoms with Gasteiger partial charge in [-0.3, -0.25) is 9.59 Å². The number of carbonyl (C=O) groups excluding carboxylic acids is 2. The van der Waals surface area contributed by atoms with E-state index in [2.05, 4.69) is 26.6 Å². The summed E-state index contributed by atoms with van der Waals surface area (Å²) in [6.07, 6.45) is 0. The number of amides is 2. The summed E-state index contributed by atoms with van der Waals surface area (Å²) in [5.74, 6) is 0.530. The highest BCUT2D eigenvalue weighted by Crippen LogP contribution is 2.35. The topological polar surface area (TPSA) is 89.1 Å². The number of likely N-dealkylation sites (N-methyl/N-ethyl adjacent to an activating group) is 1. The predicted octanol–water partition coefficient (Wildman–Crippen LogP) is 3.89. The Balaban J connectivity index is 2.13. The third kappa shape index (κ3) is 6.16. The molecular formula is C27H32BrN3O5. The number of nitrogens with one attached hydrogen (secondary N) is 2. The molecule has 3 aromatic carbocycles. The van der Waals surface area contributed by atoms with Crippen molar-refractivity contribution in [2.75, 3.05) is 39.9 Å². The fraction of sp³-hybridized carbons (Fsp3) is 0.333. The summed E-state index contributed by atoms with van der Waals surface area (Å²) < 4.78 is 17.5. The monoisotopic (exact) mass is 557 g/mol. The van der Waals surface area contributed by atoms with Crippen LogP contribution in [0.4, 0.5) is 5.69 Å². The number of rotatable bonds is 11. The summed E-state index contributed by atoms with van der Waals surface area (Å²) in [4.78, 5) is 28.3. The highest BCUT2D eigenvalue weighted by Gasteiger charge is 2.31. The minimum Gasteiger partial charge on any atom is -0.496 e. The number of nitrogens with zero attached hydrogens (tertiary/aromatic N) is 1. The first-order valence-corrected chi connectivity index (χ1v) is 12.3. The third-order valence-electron chi connectivity index (χ3n) is 6.00. The number of carbonyl (C=O) groups is 2. The van der Waals surface area contributed by atoms with Crippen LogP contribution in [0, 0.1) is 0 Å². The summed E-state index contributed by atoms with van der Waals surface area (Å²) in [5.41, 5.74) is 1.39. The number of hydrogen-bond acceptors (Lipinski definition) is 6. The zero-order chi connectivity index (χ0) is 26.2. The number of ether oxygens (including phenoxy) is 3. The lowest BCUT2D eigenvalue weighted by molar-refractivity contribution is -0.129. The maximum absolute atomic E-state index is 14.0. The second kappa shape index (κ2) is 12.7. The summed E-state index contributed by atoms with van der Waals surface area (Å²) >= 11 is 3.53. The van der Waals surface area contributed by atoms with Crippen molar-refractivity contribution in [3.05, 3.63) is 64.6 Å². The van der Waals surface area contributed by atoms with E-state index in [9.17, 15) is 9.59 Å². The molecule has 0 heterocycles. The molecule has 2 amide bonds. The second-order valence-electron chi connectivity index (χ2n) is 8.23. The highest BCUT2D eigenvalue weighted by molar-refractivity contribution is 9.10. The molecular weight excluding hydrogens is 526 g/mol. The molecule has 192 valence electrons. The number of hydrogen-bond donors (Lipinski definition) is 2. The van der Waals surface area contributed by atoms with Crippen LogP contribution in [0.3, 0.4) is 0 Å². The molecule has 3 aromatic rings. The molecule has 0 spiro atoms. The van der Waals surface area contributed by atoms with Crippen LogP contribution in [-0.2, 0) is 20.9 Å². The van der Waals surface area contributed by atoms with Crippen LogP contribution in [0.15, 0.2) is 59.1 Å². The van der Waals surface area contributed by atoms with Gasteiger partial charge in [-0.25, -0.2) is 0 Å². The number of anilines is 1. The van der Waals surface area contributed by atoms with E-state index < -0.39 is 12.1 Å². The van der Waals surface area contributed by atoms with Gasteiger partial charge in [-0.2, -0.15) is 0 Å². The minimum absolute atomic E-state index is 0.00623. The zero-order valence-corrected chi connectivity index (χ0v) is 22.7. The Labute approximate surface area is 220 Å². The molecule has 0 saturated carbocycles. The SMILES string of the molecule is CN[C@@H](C)C(=O)NC(COC)C(=O)N(Cc1c(OC)ccc2cc(Br)ccc12)c1ccccc1OC. The summed E-state index contributed by atoms with van der Waals surface area (Å²) in [6.45, 7) is 1.91. The maximum atomic E-state index is 14.0. The molecule has 2 atom stereocenters. The van der Waals surface area contributed by atoms with E-state index in [0.29, 0.717) is 17.2 Å².